The number of hydrogen-bond donors (Lipinski definition) is 3. The van der Waals surface area contributed by atoms with Crippen LogP contribution >= 0.6 is 0 Å². The molecule has 1 aromatic carbocycles. The molecule has 0 atom stereocenters. The molecule has 0 spiro atoms. The summed E-state index contributed by atoms with van der Waals surface area (Å²) in [6.45, 7) is 0.563. The van der Waals surface area contributed by atoms with Gasteiger partial charge in [0, 0.05) is 12.0 Å². The number of aromatic nitrogens is 2. The van der Waals surface area contributed by atoms with Crippen molar-refractivity contribution in [2.24, 2.45) is 5.73 Å². The summed E-state index contributed by atoms with van der Waals surface area (Å²) in [5, 5.41) is 9.63. The maximum Gasteiger partial charge on any atom is 0.124 e. The zero-order valence-electron chi connectivity index (χ0n) is 8.27. The van der Waals surface area contributed by atoms with Gasteiger partial charge >= 0.3 is 0 Å². The molecule has 0 aliphatic heterocycles. The molecule has 4 nitrogen and oxygen atoms in total. The minimum absolute atomic E-state index is 0.250. The van der Waals surface area contributed by atoms with Crippen LogP contribution in [0.5, 0.6) is 5.75 Å². The highest BCUT2D eigenvalue weighted by molar-refractivity contribution is 5.65. The first-order valence-corrected chi connectivity index (χ1v) is 4.83. The fourth-order valence-corrected chi connectivity index (χ4v) is 1.46. The molecule has 15 heavy (non-hydrogen) atoms. The topological polar surface area (TPSA) is 74.9 Å². The van der Waals surface area contributed by atoms with Crippen LogP contribution in [-0.4, -0.2) is 21.6 Å². The van der Waals surface area contributed by atoms with Gasteiger partial charge in [-0.05, 0) is 18.7 Å². The Bertz CT molecular complexity index is 451. The number of nitrogens with one attached hydrogen (secondary N) is 1. The number of aromatic amines is 1. The lowest BCUT2D eigenvalue weighted by molar-refractivity contribution is 0.477. The number of aromatic hydroxyl groups is 1. The Kier molecular flexibility index (Phi) is 2.69. The second kappa shape index (κ2) is 4.14. The lowest BCUT2D eigenvalue weighted by Gasteiger charge is -2.00. The normalized spacial score (nSPS) is 10.5. The molecular weight excluding hydrogens is 190 g/mol. The second-order valence-electron chi connectivity index (χ2n) is 3.30. The highest BCUT2D eigenvalue weighted by atomic mass is 16.3. The van der Waals surface area contributed by atoms with E-state index in [4.69, 9.17) is 5.73 Å². The van der Waals surface area contributed by atoms with E-state index in [1.807, 2.05) is 12.1 Å². The standard InChI is InChI=1S/C11H13N3O/c12-6-5-11-13-7-9(14-11)8-3-1-2-4-10(8)15/h1-4,7,15H,5-6,12H2,(H,13,14). The molecule has 0 amide bonds. The third-order valence-corrected chi connectivity index (χ3v) is 2.20. The number of para-hydroxylation sites is 1. The van der Waals surface area contributed by atoms with Gasteiger partial charge in [0.15, 0.2) is 0 Å². The van der Waals surface area contributed by atoms with Gasteiger partial charge in [0.05, 0.1) is 11.9 Å². The summed E-state index contributed by atoms with van der Waals surface area (Å²) in [6, 6.07) is 7.16. The van der Waals surface area contributed by atoms with Crippen molar-refractivity contribution in [2.45, 2.75) is 6.42 Å². The fourth-order valence-electron chi connectivity index (χ4n) is 1.46. The van der Waals surface area contributed by atoms with E-state index in [0.29, 0.717) is 13.0 Å². The molecule has 0 fully saturated rings. The van der Waals surface area contributed by atoms with Crippen molar-refractivity contribution < 1.29 is 5.11 Å². The number of benzene rings is 1. The van der Waals surface area contributed by atoms with E-state index in [9.17, 15) is 5.11 Å². The lowest BCUT2D eigenvalue weighted by Crippen LogP contribution is -2.03. The van der Waals surface area contributed by atoms with Gasteiger partial charge in [0.25, 0.3) is 0 Å². The minimum atomic E-state index is 0.250. The van der Waals surface area contributed by atoms with Crippen LogP contribution in [0.4, 0.5) is 0 Å². The van der Waals surface area contributed by atoms with Gasteiger partial charge in [-0.3, -0.25) is 0 Å². The lowest BCUT2D eigenvalue weighted by atomic mass is 10.1. The van der Waals surface area contributed by atoms with Gasteiger partial charge in [-0.25, -0.2) is 4.98 Å². The highest BCUT2D eigenvalue weighted by Crippen LogP contribution is 2.26. The van der Waals surface area contributed by atoms with Crippen molar-refractivity contribution >= 4 is 0 Å². The number of nitrogens with zero attached hydrogens (tertiary/aromatic N) is 1. The number of hydrogen-bond acceptors (Lipinski definition) is 3. The zero-order chi connectivity index (χ0) is 10.7. The molecule has 0 unspecified atom stereocenters. The summed E-state index contributed by atoms with van der Waals surface area (Å²) in [7, 11) is 0. The monoisotopic (exact) mass is 203 g/mol. The van der Waals surface area contributed by atoms with E-state index < -0.39 is 0 Å². The Hall–Kier alpha value is -1.81. The first kappa shape index (κ1) is 9.73. The molecule has 2 rings (SSSR count). The van der Waals surface area contributed by atoms with Crippen molar-refractivity contribution in [1.29, 1.82) is 0 Å². The van der Waals surface area contributed by atoms with Crippen LogP contribution in [-0.2, 0) is 6.42 Å². The van der Waals surface area contributed by atoms with Crippen molar-refractivity contribution in [1.82, 2.24) is 9.97 Å². The van der Waals surface area contributed by atoms with Crippen molar-refractivity contribution in [3.8, 4) is 17.0 Å². The Morgan fingerprint density at radius 1 is 1.33 bits per heavy atom. The Labute approximate surface area is 87.8 Å². The summed E-state index contributed by atoms with van der Waals surface area (Å²) in [4.78, 5) is 7.30. The smallest absolute Gasteiger partial charge is 0.124 e. The van der Waals surface area contributed by atoms with Crippen LogP contribution in [0.15, 0.2) is 30.5 Å². The van der Waals surface area contributed by atoms with Gasteiger partial charge in [-0.1, -0.05) is 12.1 Å². The molecule has 0 saturated carbocycles. The van der Waals surface area contributed by atoms with E-state index in [1.165, 1.54) is 0 Å². The van der Waals surface area contributed by atoms with Crippen LogP contribution in [0.25, 0.3) is 11.3 Å². The SMILES string of the molecule is NCCc1ncc(-c2ccccc2O)[nH]1. The van der Waals surface area contributed by atoms with Crippen LogP contribution in [0.1, 0.15) is 5.82 Å². The van der Waals surface area contributed by atoms with Gasteiger partial charge in [-0.15, -0.1) is 0 Å². The molecule has 4 heteroatoms. The first-order valence-electron chi connectivity index (χ1n) is 4.83. The Balaban J connectivity index is 2.33. The van der Waals surface area contributed by atoms with Gasteiger partial charge < -0.3 is 15.8 Å². The van der Waals surface area contributed by atoms with Gasteiger partial charge in [0.2, 0.25) is 0 Å². The summed E-state index contributed by atoms with van der Waals surface area (Å²) in [6.07, 6.45) is 2.42. The number of rotatable bonds is 3. The molecular formula is C11H13N3O. The Morgan fingerprint density at radius 3 is 2.87 bits per heavy atom. The molecule has 0 radical (unpaired) electrons. The maximum atomic E-state index is 9.63. The minimum Gasteiger partial charge on any atom is -0.507 e. The van der Waals surface area contributed by atoms with E-state index in [-0.39, 0.29) is 5.75 Å². The molecule has 1 aromatic heterocycles. The predicted molar refractivity (Wildman–Crippen MR) is 58.4 cm³/mol. The van der Waals surface area contributed by atoms with Crippen LogP contribution in [0, 0.1) is 0 Å². The van der Waals surface area contributed by atoms with E-state index in [1.54, 1.807) is 18.3 Å². The van der Waals surface area contributed by atoms with E-state index >= 15 is 0 Å². The summed E-state index contributed by atoms with van der Waals surface area (Å²) >= 11 is 0. The van der Waals surface area contributed by atoms with Crippen LogP contribution in [0.3, 0.4) is 0 Å². The summed E-state index contributed by atoms with van der Waals surface area (Å²) in [5.74, 6) is 1.09. The molecule has 4 N–H and O–H groups in total. The molecule has 78 valence electrons. The zero-order valence-corrected chi connectivity index (χ0v) is 8.27. The average Bonchev–Trinajstić information content (AvgIpc) is 2.68. The molecule has 0 bridgehead atoms. The summed E-state index contributed by atoms with van der Waals surface area (Å²) < 4.78 is 0. The molecule has 2 aromatic rings. The van der Waals surface area contributed by atoms with Gasteiger partial charge in [0.1, 0.15) is 11.6 Å². The maximum absolute atomic E-state index is 9.63. The van der Waals surface area contributed by atoms with E-state index in [2.05, 4.69) is 9.97 Å². The third-order valence-electron chi connectivity index (χ3n) is 2.20. The molecule has 0 aliphatic carbocycles. The average molecular weight is 203 g/mol. The number of imidazole rings is 1. The number of nitrogens with two attached hydrogens (primary N) is 1. The van der Waals surface area contributed by atoms with Crippen LogP contribution in [0.2, 0.25) is 0 Å². The van der Waals surface area contributed by atoms with Crippen molar-refractivity contribution in [3.05, 3.63) is 36.3 Å². The quantitative estimate of drug-likeness (QED) is 0.703. The first-order chi connectivity index (χ1) is 7.31. The molecule has 1 heterocycles. The van der Waals surface area contributed by atoms with Crippen molar-refractivity contribution in [3.63, 3.8) is 0 Å². The largest absolute Gasteiger partial charge is 0.507 e. The molecule has 0 aliphatic rings. The number of phenolic OH excluding ortho intramolecular Hbond substituents is 1. The van der Waals surface area contributed by atoms with Crippen molar-refractivity contribution in [2.75, 3.05) is 6.54 Å². The van der Waals surface area contributed by atoms with Crippen LogP contribution < -0.4 is 5.73 Å². The Morgan fingerprint density at radius 2 is 2.13 bits per heavy atom. The van der Waals surface area contributed by atoms with E-state index in [0.717, 1.165) is 17.1 Å². The second-order valence-corrected chi connectivity index (χ2v) is 3.30. The van der Waals surface area contributed by atoms with Gasteiger partial charge in [-0.2, -0.15) is 0 Å². The third kappa shape index (κ3) is 1.99. The predicted octanol–water partition coefficient (Wildman–Crippen LogP) is 1.28. The summed E-state index contributed by atoms with van der Waals surface area (Å²) in [5.41, 5.74) is 7.00. The number of phenols is 1. The fraction of sp³-hybridized carbons (Fsp3) is 0.182. The highest BCUT2D eigenvalue weighted by Gasteiger charge is 2.06. The molecule has 0 saturated heterocycles. The number of H-pyrrole nitrogens is 1.